The van der Waals surface area contributed by atoms with E-state index < -0.39 is 0 Å². The average molecular weight is 320 g/mol. The minimum absolute atomic E-state index is 0.123. The monoisotopic (exact) mass is 320 g/mol. The summed E-state index contributed by atoms with van der Waals surface area (Å²) in [5.74, 6) is -0.0929. The number of anilines is 1. The van der Waals surface area contributed by atoms with Gasteiger partial charge in [0.2, 0.25) is 5.91 Å². The van der Waals surface area contributed by atoms with Crippen molar-refractivity contribution in [3.05, 3.63) is 72.2 Å². The highest BCUT2D eigenvalue weighted by Crippen LogP contribution is 2.34. The summed E-state index contributed by atoms with van der Waals surface area (Å²) in [6.07, 6.45) is 3.86. The third kappa shape index (κ3) is 2.64. The van der Waals surface area contributed by atoms with E-state index in [2.05, 4.69) is 4.98 Å². The van der Waals surface area contributed by atoms with E-state index in [9.17, 15) is 9.18 Å². The molecule has 0 saturated carbocycles. The Morgan fingerprint density at radius 1 is 1.12 bits per heavy atom. The molecule has 1 fully saturated rings. The van der Waals surface area contributed by atoms with E-state index in [4.69, 9.17) is 0 Å². The van der Waals surface area contributed by atoms with Gasteiger partial charge in [-0.1, -0.05) is 30.3 Å². The van der Waals surface area contributed by atoms with Crippen LogP contribution >= 0.6 is 0 Å². The van der Waals surface area contributed by atoms with Crippen LogP contribution in [-0.4, -0.2) is 16.9 Å². The number of aromatic nitrogens is 1. The molecule has 4 heteroatoms. The Balaban J connectivity index is 1.57. The van der Waals surface area contributed by atoms with Gasteiger partial charge in [-0.05, 0) is 42.7 Å². The van der Waals surface area contributed by atoms with Gasteiger partial charge < -0.3 is 4.90 Å². The average Bonchev–Trinajstić information content (AvgIpc) is 2.59. The molecule has 0 bridgehead atoms. The van der Waals surface area contributed by atoms with Crippen molar-refractivity contribution in [1.82, 2.24) is 4.98 Å². The second-order valence-electron chi connectivity index (χ2n) is 6.14. The van der Waals surface area contributed by atoms with E-state index in [1.54, 1.807) is 18.3 Å². The number of amides is 1. The fraction of sp³-hybridized carbons (Fsp3) is 0.200. The maximum atomic E-state index is 13.3. The number of carbonyl (C=O) groups excluding carboxylic acids is 1. The fourth-order valence-electron chi connectivity index (χ4n) is 3.35. The number of hydrogen-bond donors (Lipinski definition) is 0. The van der Waals surface area contributed by atoms with Crippen LogP contribution in [0.4, 0.5) is 10.1 Å². The van der Waals surface area contributed by atoms with Gasteiger partial charge in [0.25, 0.3) is 0 Å². The summed E-state index contributed by atoms with van der Waals surface area (Å²) >= 11 is 0. The van der Waals surface area contributed by atoms with Crippen LogP contribution in [-0.2, 0) is 11.2 Å². The second kappa shape index (κ2) is 6.04. The highest BCUT2D eigenvalue weighted by atomic mass is 19.1. The molecule has 0 aliphatic carbocycles. The SMILES string of the molecule is O=C1CC(CCc2cccc(F)c2)N1c1cccc2cccnc12. The number of rotatable bonds is 4. The molecule has 1 amide bonds. The Morgan fingerprint density at radius 2 is 1.96 bits per heavy atom. The number of halogens is 1. The normalized spacial score (nSPS) is 17.1. The van der Waals surface area contributed by atoms with Crippen molar-refractivity contribution < 1.29 is 9.18 Å². The molecular formula is C20H17FN2O. The van der Waals surface area contributed by atoms with Crippen LogP contribution < -0.4 is 4.90 Å². The van der Waals surface area contributed by atoms with Crippen LogP contribution in [0.3, 0.4) is 0 Å². The highest BCUT2D eigenvalue weighted by molar-refractivity contribution is 6.06. The van der Waals surface area contributed by atoms with E-state index in [1.807, 2.05) is 41.3 Å². The van der Waals surface area contributed by atoms with Gasteiger partial charge in [0.15, 0.2) is 0 Å². The van der Waals surface area contributed by atoms with E-state index >= 15 is 0 Å². The Kier molecular flexibility index (Phi) is 3.73. The lowest BCUT2D eigenvalue weighted by Gasteiger charge is -2.41. The summed E-state index contributed by atoms with van der Waals surface area (Å²) in [5, 5.41) is 1.03. The minimum Gasteiger partial charge on any atom is -0.307 e. The molecule has 3 aromatic rings. The lowest BCUT2D eigenvalue weighted by molar-refractivity contribution is -0.124. The van der Waals surface area contributed by atoms with Gasteiger partial charge in [-0.3, -0.25) is 9.78 Å². The van der Waals surface area contributed by atoms with Crippen LogP contribution in [0.15, 0.2) is 60.8 Å². The maximum Gasteiger partial charge on any atom is 0.229 e. The number of para-hydroxylation sites is 1. The summed E-state index contributed by atoms with van der Waals surface area (Å²) in [6.45, 7) is 0. The maximum absolute atomic E-state index is 13.3. The summed E-state index contributed by atoms with van der Waals surface area (Å²) in [6, 6.07) is 16.6. The van der Waals surface area contributed by atoms with E-state index in [-0.39, 0.29) is 17.8 Å². The van der Waals surface area contributed by atoms with E-state index in [0.29, 0.717) is 6.42 Å². The molecule has 1 aromatic heterocycles. The smallest absolute Gasteiger partial charge is 0.229 e. The predicted octanol–water partition coefficient (Wildman–Crippen LogP) is 4.11. The molecular weight excluding hydrogens is 303 g/mol. The van der Waals surface area contributed by atoms with Crippen LogP contribution in [0.1, 0.15) is 18.4 Å². The van der Waals surface area contributed by atoms with E-state index in [0.717, 1.165) is 35.0 Å². The quantitative estimate of drug-likeness (QED) is 0.678. The Hall–Kier alpha value is -2.75. The van der Waals surface area contributed by atoms with Crippen molar-refractivity contribution in [3.8, 4) is 0 Å². The molecule has 1 aliphatic rings. The number of β-lactam (4-membered cyclic amide) rings is 1. The first kappa shape index (κ1) is 14.8. The van der Waals surface area contributed by atoms with Gasteiger partial charge >= 0.3 is 0 Å². The molecule has 1 unspecified atom stereocenters. The molecule has 4 rings (SSSR count). The van der Waals surface area contributed by atoms with Gasteiger partial charge in [0.1, 0.15) is 5.82 Å². The lowest BCUT2D eigenvalue weighted by Crippen LogP contribution is -2.53. The van der Waals surface area contributed by atoms with Crippen molar-refractivity contribution in [2.75, 3.05) is 4.90 Å². The summed E-state index contributed by atoms with van der Waals surface area (Å²) in [5.41, 5.74) is 2.68. The zero-order valence-corrected chi connectivity index (χ0v) is 13.2. The molecule has 1 saturated heterocycles. The van der Waals surface area contributed by atoms with Crippen molar-refractivity contribution in [2.24, 2.45) is 0 Å². The third-order valence-corrected chi connectivity index (χ3v) is 4.57. The number of nitrogens with zero attached hydrogens (tertiary/aromatic N) is 2. The lowest BCUT2D eigenvalue weighted by atomic mass is 9.93. The molecule has 0 spiro atoms. The highest BCUT2D eigenvalue weighted by Gasteiger charge is 2.37. The van der Waals surface area contributed by atoms with Crippen molar-refractivity contribution in [1.29, 1.82) is 0 Å². The van der Waals surface area contributed by atoms with Crippen LogP contribution in [0.5, 0.6) is 0 Å². The van der Waals surface area contributed by atoms with Crippen LogP contribution in [0, 0.1) is 5.82 Å². The van der Waals surface area contributed by atoms with Crippen LogP contribution in [0.2, 0.25) is 0 Å². The number of pyridine rings is 1. The van der Waals surface area contributed by atoms with Gasteiger partial charge in [-0.15, -0.1) is 0 Å². The van der Waals surface area contributed by atoms with Crippen molar-refractivity contribution in [2.45, 2.75) is 25.3 Å². The third-order valence-electron chi connectivity index (χ3n) is 4.57. The van der Waals surface area contributed by atoms with Gasteiger partial charge in [-0.2, -0.15) is 0 Å². The Labute approximate surface area is 139 Å². The predicted molar refractivity (Wildman–Crippen MR) is 92.4 cm³/mol. The first-order chi connectivity index (χ1) is 11.7. The molecule has 0 radical (unpaired) electrons. The minimum atomic E-state index is -0.215. The molecule has 1 aliphatic heterocycles. The Bertz CT molecular complexity index is 904. The number of aryl methyl sites for hydroxylation is 1. The standard InChI is InChI=1S/C20H17FN2O/c21-16-7-1-4-14(12-16)9-10-17-13-19(24)23(17)18-8-2-5-15-6-3-11-22-20(15)18/h1-8,11-12,17H,9-10,13H2. The van der Waals surface area contributed by atoms with Crippen molar-refractivity contribution >= 4 is 22.5 Å². The zero-order chi connectivity index (χ0) is 16.5. The van der Waals surface area contributed by atoms with Crippen molar-refractivity contribution in [3.63, 3.8) is 0 Å². The topological polar surface area (TPSA) is 33.2 Å². The van der Waals surface area contributed by atoms with E-state index in [1.165, 1.54) is 6.07 Å². The van der Waals surface area contributed by atoms with Gasteiger partial charge in [-0.25, -0.2) is 4.39 Å². The molecule has 24 heavy (non-hydrogen) atoms. The van der Waals surface area contributed by atoms with Crippen LogP contribution in [0.25, 0.3) is 10.9 Å². The summed E-state index contributed by atoms with van der Waals surface area (Å²) < 4.78 is 13.3. The van der Waals surface area contributed by atoms with Gasteiger partial charge in [0.05, 0.1) is 11.2 Å². The summed E-state index contributed by atoms with van der Waals surface area (Å²) in [4.78, 5) is 18.5. The Morgan fingerprint density at radius 3 is 2.79 bits per heavy atom. The molecule has 2 heterocycles. The number of hydrogen-bond acceptors (Lipinski definition) is 2. The fourth-order valence-corrected chi connectivity index (χ4v) is 3.35. The zero-order valence-electron chi connectivity index (χ0n) is 13.2. The second-order valence-corrected chi connectivity index (χ2v) is 6.14. The number of fused-ring (bicyclic) bond motifs is 1. The molecule has 3 nitrogen and oxygen atoms in total. The first-order valence-electron chi connectivity index (χ1n) is 8.12. The summed E-state index contributed by atoms with van der Waals surface area (Å²) in [7, 11) is 0. The largest absolute Gasteiger partial charge is 0.307 e. The molecule has 0 N–H and O–H groups in total. The first-order valence-corrected chi connectivity index (χ1v) is 8.12. The molecule has 2 aromatic carbocycles. The van der Waals surface area contributed by atoms with Gasteiger partial charge in [0, 0.05) is 24.0 Å². The molecule has 120 valence electrons. The molecule has 1 atom stereocenters. The number of benzene rings is 2. The number of carbonyl (C=O) groups is 1.